The van der Waals surface area contributed by atoms with Gasteiger partial charge in [-0.05, 0) is 5.56 Å². The fourth-order valence-electron chi connectivity index (χ4n) is 2.97. The Balaban J connectivity index is 2.39. The zero-order chi connectivity index (χ0) is 22.3. The van der Waals surface area contributed by atoms with Crippen LogP contribution in [0.5, 0.6) is 0 Å². The molecule has 0 saturated carbocycles. The number of hydrogen-bond donors (Lipinski definition) is 0. The molecule has 1 heterocycles. The first kappa shape index (κ1) is 23.3. The number of hydrogen-bond acceptors (Lipinski definition) is 10. The molecule has 1 saturated heterocycles. The van der Waals surface area contributed by atoms with Gasteiger partial charge in [-0.2, -0.15) is 0 Å². The lowest BCUT2D eigenvalue weighted by Gasteiger charge is -2.43. The molecule has 10 nitrogen and oxygen atoms in total. The highest BCUT2D eigenvalue weighted by Crippen LogP contribution is 2.30. The van der Waals surface area contributed by atoms with Crippen LogP contribution >= 0.6 is 0 Å². The maximum atomic E-state index is 12.3. The van der Waals surface area contributed by atoms with Crippen molar-refractivity contribution in [1.29, 1.82) is 0 Å². The molecule has 1 fully saturated rings. The molecule has 164 valence electrons. The number of rotatable bonds is 7. The van der Waals surface area contributed by atoms with Crippen LogP contribution in [0.1, 0.15) is 26.3 Å². The predicted octanol–water partition coefficient (Wildman–Crippen LogP) is 0.896. The summed E-state index contributed by atoms with van der Waals surface area (Å²) in [5.41, 5.74) is 0.781. The first-order valence-electron chi connectivity index (χ1n) is 9.13. The Kier molecular flexibility index (Phi) is 8.31. The second-order valence-electron chi connectivity index (χ2n) is 6.47. The van der Waals surface area contributed by atoms with Gasteiger partial charge in [0.2, 0.25) is 0 Å². The summed E-state index contributed by atoms with van der Waals surface area (Å²) in [6.45, 7) is 3.42. The Bertz CT molecular complexity index is 762. The van der Waals surface area contributed by atoms with Gasteiger partial charge in [-0.25, -0.2) is 4.79 Å². The lowest BCUT2D eigenvalue weighted by atomic mass is 9.97. The molecule has 1 aliphatic heterocycles. The van der Waals surface area contributed by atoms with Gasteiger partial charge in [-0.15, -0.1) is 0 Å². The first-order valence-corrected chi connectivity index (χ1v) is 9.13. The largest absolute Gasteiger partial charge is 0.467 e. The molecular weight excluding hydrogens is 400 g/mol. The van der Waals surface area contributed by atoms with E-state index >= 15 is 0 Å². The van der Waals surface area contributed by atoms with Crippen molar-refractivity contribution in [3.63, 3.8) is 0 Å². The summed E-state index contributed by atoms with van der Waals surface area (Å²) in [4.78, 5) is 47.3. The highest BCUT2D eigenvalue weighted by Gasteiger charge is 2.55. The molecular formula is C20H24O10. The highest BCUT2D eigenvalue weighted by molar-refractivity contribution is 5.77. The molecule has 10 heteroatoms. The van der Waals surface area contributed by atoms with E-state index in [0.29, 0.717) is 0 Å². The van der Waals surface area contributed by atoms with Gasteiger partial charge in [0.1, 0.15) is 0 Å². The lowest BCUT2D eigenvalue weighted by Crippen LogP contribution is -2.63. The van der Waals surface area contributed by atoms with Gasteiger partial charge in [-0.3, -0.25) is 14.4 Å². The zero-order valence-electron chi connectivity index (χ0n) is 17.1. The molecule has 0 aromatic heterocycles. The van der Waals surface area contributed by atoms with Crippen LogP contribution in [-0.4, -0.2) is 61.7 Å². The van der Waals surface area contributed by atoms with Gasteiger partial charge in [-0.1, -0.05) is 30.3 Å². The minimum absolute atomic E-state index is 0.0438. The highest BCUT2D eigenvalue weighted by atomic mass is 16.7. The second-order valence-corrected chi connectivity index (χ2v) is 6.47. The van der Waals surface area contributed by atoms with Crippen molar-refractivity contribution >= 4 is 23.9 Å². The van der Waals surface area contributed by atoms with E-state index in [1.54, 1.807) is 24.3 Å². The molecule has 1 aromatic carbocycles. The van der Waals surface area contributed by atoms with E-state index in [0.717, 1.165) is 33.4 Å². The SMILES string of the molecule is COC(=O)C1OC(OCc2ccccc2)C(OC(C)=O)C(OC(C)=O)C1OC(C)=O. The van der Waals surface area contributed by atoms with E-state index in [1.807, 2.05) is 6.07 Å². The molecule has 5 unspecified atom stereocenters. The normalized spacial score (nSPS) is 25.7. The van der Waals surface area contributed by atoms with Crippen LogP contribution in [0.4, 0.5) is 0 Å². The fourth-order valence-corrected chi connectivity index (χ4v) is 2.97. The summed E-state index contributed by atoms with van der Waals surface area (Å²) in [7, 11) is 1.12. The van der Waals surface area contributed by atoms with Crippen molar-refractivity contribution in [3.8, 4) is 0 Å². The van der Waals surface area contributed by atoms with Crippen molar-refractivity contribution in [2.24, 2.45) is 0 Å². The fraction of sp³-hybridized carbons (Fsp3) is 0.500. The number of carbonyl (C=O) groups is 4. The van der Waals surface area contributed by atoms with Crippen LogP contribution in [0.2, 0.25) is 0 Å². The molecule has 0 radical (unpaired) electrons. The van der Waals surface area contributed by atoms with Crippen LogP contribution in [0.3, 0.4) is 0 Å². The maximum absolute atomic E-state index is 12.3. The number of methoxy groups -OCH3 is 1. The second kappa shape index (κ2) is 10.7. The summed E-state index contributed by atoms with van der Waals surface area (Å²) in [6, 6.07) is 9.04. The minimum Gasteiger partial charge on any atom is -0.467 e. The first-order chi connectivity index (χ1) is 14.2. The summed E-state index contributed by atoms with van der Waals surface area (Å²) in [5.74, 6) is -3.11. The molecule has 1 aromatic rings. The molecule has 1 aliphatic rings. The number of esters is 4. The van der Waals surface area contributed by atoms with Gasteiger partial charge in [0.15, 0.2) is 30.7 Å². The monoisotopic (exact) mass is 424 g/mol. The number of benzene rings is 1. The summed E-state index contributed by atoms with van der Waals surface area (Å²) >= 11 is 0. The van der Waals surface area contributed by atoms with Crippen molar-refractivity contribution in [3.05, 3.63) is 35.9 Å². The van der Waals surface area contributed by atoms with E-state index in [2.05, 4.69) is 0 Å². The van der Waals surface area contributed by atoms with Crippen LogP contribution in [0.25, 0.3) is 0 Å². The average Bonchev–Trinajstić information content (AvgIpc) is 2.68. The van der Waals surface area contributed by atoms with Gasteiger partial charge in [0.25, 0.3) is 0 Å². The van der Waals surface area contributed by atoms with Crippen molar-refractivity contribution in [2.45, 2.75) is 58.1 Å². The Morgan fingerprint density at radius 1 is 0.833 bits per heavy atom. The van der Waals surface area contributed by atoms with Crippen molar-refractivity contribution < 1.29 is 47.6 Å². The van der Waals surface area contributed by atoms with Crippen LogP contribution in [0.15, 0.2) is 30.3 Å². The minimum atomic E-state index is -1.48. The zero-order valence-corrected chi connectivity index (χ0v) is 17.1. The predicted molar refractivity (Wildman–Crippen MR) is 98.6 cm³/mol. The molecule has 0 bridgehead atoms. The van der Waals surface area contributed by atoms with E-state index in [4.69, 9.17) is 28.4 Å². The average molecular weight is 424 g/mol. The van der Waals surface area contributed by atoms with Crippen molar-refractivity contribution in [1.82, 2.24) is 0 Å². The number of carbonyl (C=O) groups excluding carboxylic acids is 4. The smallest absolute Gasteiger partial charge is 0.339 e. The van der Waals surface area contributed by atoms with Gasteiger partial charge < -0.3 is 28.4 Å². The van der Waals surface area contributed by atoms with Crippen LogP contribution in [-0.2, 0) is 54.2 Å². The Hall–Kier alpha value is -2.98. The van der Waals surface area contributed by atoms with Crippen LogP contribution in [0, 0.1) is 0 Å². The molecule has 0 aliphatic carbocycles. The Labute approximate surface area is 173 Å². The molecule has 0 N–H and O–H groups in total. The molecule has 5 atom stereocenters. The third-order valence-electron chi connectivity index (χ3n) is 4.09. The van der Waals surface area contributed by atoms with Gasteiger partial charge in [0.05, 0.1) is 13.7 Å². The van der Waals surface area contributed by atoms with Crippen LogP contribution < -0.4 is 0 Å². The van der Waals surface area contributed by atoms with E-state index < -0.39 is 54.6 Å². The van der Waals surface area contributed by atoms with E-state index in [-0.39, 0.29) is 6.61 Å². The molecule has 30 heavy (non-hydrogen) atoms. The standard InChI is InChI=1S/C20H24O10/c1-11(21)27-15-16(28-12(2)22)18(29-13(3)23)20(30-17(15)19(24)25-4)26-10-14-8-6-5-7-9-14/h5-9,15-18,20H,10H2,1-4H3. The molecule has 0 spiro atoms. The van der Waals surface area contributed by atoms with Crippen molar-refractivity contribution in [2.75, 3.05) is 7.11 Å². The topological polar surface area (TPSA) is 124 Å². The Morgan fingerprint density at radius 2 is 1.37 bits per heavy atom. The summed E-state index contributed by atoms with van der Waals surface area (Å²) in [6.07, 6.45) is -6.88. The molecule has 2 rings (SSSR count). The third-order valence-corrected chi connectivity index (χ3v) is 4.09. The van der Waals surface area contributed by atoms with E-state index in [1.165, 1.54) is 0 Å². The van der Waals surface area contributed by atoms with Gasteiger partial charge in [0, 0.05) is 20.8 Å². The third kappa shape index (κ3) is 6.26. The van der Waals surface area contributed by atoms with Gasteiger partial charge >= 0.3 is 23.9 Å². The Morgan fingerprint density at radius 3 is 1.90 bits per heavy atom. The van der Waals surface area contributed by atoms with E-state index in [9.17, 15) is 19.2 Å². The summed E-state index contributed by atoms with van der Waals surface area (Å²) < 4.78 is 31.8. The quantitative estimate of drug-likeness (QED) is 0.460. The summed E-state index contributed by atoms with van der Waals surface area (Å²) in [5, 5.41) is 0. The molecule has 0 amide bonds. The lowest BCUT2D eigenvalue weighted by molar-refractivity contribution is -0.304. The number of ether oxygens (including phenoxy) is 6. The maximum Gasteiger partial charge on any atom is 0.339 e.